The first-order chi connectivity index (χ1) is 9.54. The molecule has 0 aliphatic heterocycles. The number of hydrogen-bond acceptors (Lipinski definition) is 4. The Labute approximate surface area is 132 Å². The van der Waals surface area contributed by atoms with E-state index in [0.717, 1.165) is 5.56 Å². The van der Waals surface area contributed by atoms with Crippen molar-refractivity contribution < 1.29 is 13.2 Å². The molecule has 2 N–H and O–H groups in total. The molecule has 0 aromatic heterocycles. The topological polar surface area (TPSA) is 69.4 Å². The average Bonchev–Trinajstić information content (AvgIpc) is 2.30. The number of halogens is 1. The minimum absolute atomic E-state index is 0.0240. The number of rotatable bonds is 6. The summed E-state index contributed by atoms with van der Waals surface area (Å²) >= 11 is 6.14. The molecule has 0 spiro atoms. The standard InChI is InChI=1S/C15H24ClNO3S/c1-11(17)10-12-6-5-7-13(16)14(12)20-8-9-21(18,19)15(2,3)4/h5-7,11H,8-10,17H2,1-4H3. The minimum atomic E-state index is -3.21. The normalized spacial score (nSPS) is 14.0. The molecule has 120 valence electrons. The fraction of sp³-hybridized carbons (Fsp3) is 0.600. The van der Waals surface area contributed by atoms with E-state index in [1.165, 1.54) is 0 Å². The fourth-order valence-electron chi connectivity index (χ4n) is 1.78. The molecule has 6 heteroatoms. The lowest BCUT2D eigenvalue weighted by Crippen LogP contribution is -2.32. The maximum absolute atomic E-state index is 12.1. The molecule has 4 nitrogen and oxygen atoms in total. The van der Waals surface area contributed by atoms with Crippen molar-refractivity contribution in [1.29, 1.82) is 0 Å². The molecule has 0 aliphatic carbocycles. The summed E-state index contributed by atoms with van der Waals surface area (Å²) in [4.78, 5) is 0. The molecule has 0 fully saturated rings. The zero-order valence-electron chi connectivity index (χ0n) is 13.0. The predicted octanol–water partition coefficient (Wildman–Crippen LogP) is 2.82. The van der Waals surface area contributed by atoms with Crippen LogP contribution in [0, 0.1) is 0 Å². The Hall–Kier alpha value is -0.780. The van der Waals surface area contributed by atoms with E-state index < -0.39 is 14.6 Å². The Kier molecular flexibility index (Phi) is 6.08. The SMILES string of the molecule is CC(N)Cc1cccc(Cl)c1OCCS(=O)(=O)C(C)(C)C. The fourth-order valence-corrected chi connectivity index (χ4v) is 2.95. The molecule has 0 amide bonds. The van der Waals surface area contributed by atoms with Crippen LogP contribution in [-0.2, 0) is 16.3 Å². The maximum atomic E-state index is 12.1. The van der Waals surface area contributed by atoms with E-state index in [1.807, 2.05) is 19.1 Å². The van der Waals surface area contributed by atoms with Crippen LogP contribution < -0.4 is 10.5 Å². The summed E-state index contributed by atoms with van der Waals surface area (Å²) in [5.74, 6) is 0.486. The third-order valence-corrected chi connectivity index (χ3v) is 5.99. The van der Waals surface area contributed by atoms with Crippen molar-refractivity contribution in [2.75, 3.05) is 12.4 Å². The molecule has 0 saturated carbocycles. The Balaban J connectivity index is 2.81. The zero-order valence-corrected chi connectivity index (χ0v) is 14.6. The van der Waals surface area contributed by atoms with Crippen molar-refractivity contribution in [2.24, 2.45) is 5.73 Å². The van der Waals surface area contributed by atoms with Gasteiger partial charge in [-0.2, -0.15) is 0 Å². The third-order valence-electron chi connectivity index (χ3n) is 3.12. The van der Waals surface area contributed by atoms with Gasteiger partial charge < -0.3 is 10.5 Å². The number of benzene rings is 1. The molecule has 1 atom stereocenters. The van der Waals surface area contributed by atoms with Crippen molar-refractivity contribution in [3.05, 3.63) is 28.8 Å². The molecule has 0 aliphatic rings. The van der Waals surface area contributed by atoms with Crippen LogP contribution in [0.5, 0.6) is 5.75 Å². The maximum Gasteiger partial charge on any atom is 0.158 e. The smallest absolute Gasteiger partial charge is 0.158 e. The van der Waals surface area contributed by atoms with Crippen LogP contribution in [0.4, 0.5) is 0 Å². The predicted molar refractivity (Wildman–Crippen MR) is 87.8 cm³/mol. The molecule has 1 aromatic rings. The van der Waals surface area contributed by atoms with E-state index in [2.05, 4.69) is 0 Å². The van der Waals surface area contributed by atoms with Crippen LogP contribution in [0.25, 0.3) is 0 Å². The second kappa shape index (κ2) is 6.99. The van der Waals surface area contributed by atoms with Gasteiger partial charge in [-0.05, 0) is 45.7 Å². The summed E-state index contributed by atoms with van der Waals surface area (Å²) in [5.41, 5.74) is 6.70. The summed E-state index contributed by atoms with van der Waals surface area (Å²) in [6.45, 7) is 7.02. The van der Waals surface area contributed by atoms with Crippen molar-refractivity contribution in [2.45, 2.75) is 44.9 Å². The lowest BCUT2D eigenvalue weighted by molar-refractivity contribution is 0.335. The van der Waals surface area contributed by atoms with Gasteiger partial charge in [0.1, 0.15) is 12.4 Å². The first-order valence-electron chi connectivity index (χ1n) is 6.92. The Morgan fingerprint density at radius 2 is 1.95 bits per heavy atom. The van der Waals surface area contributed by atoms with Crippen LogP contribution in [0.3, 0.4) is 0 Å². The highest BCUT2D eigenvalue weighted by atomic mass is 35.5. The van der Waals surface area contributed by atoms with E-state index in [4.69, 9.17) is 22.1 Å². The third kappa shape index (κ3) is 5.16. The van der Waals surface area contributed by atoms with Gasteiger partial charge in [0.2, 0.25) is 0 Å². The van der Waals surface area contributed by atoms with Gasteiger partial charge in [0.05, 0.1) is 15.5 Å². The van der Waals surface area contributed by atoms with Crippen LogP contribution in [0.15, 0.2) is 18.2 Å². The molecular weight excluding hydrogens is 310 g/mol. The van der Waals surface area contributed by atoms with Crippen LogP contribution >= 0.6 is 11.6 Å². The Morgan fingerprint density at radius 3 is 2.48 bits per heavy atom. The number of sulfone groups is 1. The molecule has 1 rings (SSSR count). The molecule has 0 radical (unpaired) electrons. The molecule has 0 heterocycles. The number of hydrogen-bond donors (Lipinski definition) is 1. The second-order valence-corrected chi connectivity index (χ2v) is 9.46. The Morgan fingerprint density at radius 1 is 1.33 bits per heavy atom. The molecule has 1 unspecified atom stereocenters. The minimum Gasteiger partial charge on any atom is -0.491 e. The first-order valence-corrected chi connectivity index (χ1v) is 8.95. The van der Waals surface area contributed by atoms with Crippen LogP contribution in [0.1, 0.15) is 33.3 Å². The van der Waals surface area contributed by atoms with Crippen molar-refractivity contribution >= 4 is 21.4 Å². The number of para-hydroxylation sites is 1. The summed E-state index contributed by atoms with van der Waals surface area (Å²) in [5, 5.41) is 0.473. The lowest BCUT2D eigenvalue weighted by atomic mass is 10.1. The summed E-state index contributed by atoms with van der Waals surface area (Å²) in [6, 6.07) is 5.42. The van der Waals surface area contributed by atoms with Crippen LogP contribution in [0.2, 0.25) is 5.02 Å². The molecular formula is C15H24ClNO3S. The monoisotopic (exact) mass is 333 g/mol. The van der Waals surface area contributed by atoms with E-state index in [0.29, 0.717) is 17.2 Å². The Bertz CT molecular complexity index is 577. The van der Waals surface area contributed by atoms with Crippen LogP contribution in [-0.4, -0.2) is 31.6 Å². The van der Waals surface area contributed by atoms with Gasteiger partial charge in [-0.25, -0.2) is 8.42 Å². The number of ether oxygens (including phenoxy) is 1. The molecule has 21 heavy (non-hydrogen) atoms. The summed E-state index contributed by atoms with van der Waals surface area (Å²) < 4.78 is 29.0. The van der Waals surface area contributed by atoms with Gasteiger partial charge in [0.25, 0.3) is 0 Å². The van der Waals surface area contributed by atoms with E-state index >= 15 is 0 Å². The second-order valence-electron chi connectivity index (χ2n) is 6.19. The highest BCUT2D eigenvalue weighted by molar-refractivity contribution is 7.92. The van der Waals surface area contributed by atoms with E-state index in [-0.39, 0.29) is 18.4 Å². The lowest BCUT2D eigenvalue weighted by Gasteiger charge is -2.20. The van der Waals surface area contributed by atoms with Gasteiger partial charge in [0.15, 0.2) is 9.84 Å². The summed E-state index contributed by atoms with van der Waals surface area (Å²) in [7, 11) is -3.21. The van der Waals surface area contributed by atoms with Gasteiger partial charge in [0, 0.05) is 6.04 Å². The highest BCUT2D eigenvalue weighted by Gasteiger charge is 2.28. The first kappa shape index (κ1) is 18.3. The molecule has 0 bridgehead atoms. The summed E-state index contributed by atoms with van der Waals surface area (Å²) in [6.07, 6.45) is 0.627. The van der Waals surface area contributed by atoms with Gasteiger partial charge in [-0.15, -0.1) is 0 Å². The van der Waals surface area contributed by atoms with E-state index in [9.17, 15) is 8.42 Å². The average molecular weight is 334 g/mol. The number of nitrogens with two attached hydrogens (primary N) is 1. The van der Waals surface area contributed by atoms with E-state index in [1.54, 1.807) is 26.8 Å². The molecule has 0 saturated heterocycles. The van der Waals surface area contributed by atoms with Crippen molar-refractivity contribution in [3.8, 4) is 5.75 Å². The highest BCUT2D eigenvalue weighted by Crippen LogP contribution is 2.29. The largest absolute Gasteiger partial charge is 0.491 e. The zero-order chi connectivity index (χ0) is 16.3. The van der Waals surface area contributed by atoms with Gasteiger partial charge in [-0.3, -0.25) is 0 Å². The molecule has 1 aromatic carbocycles. The van der Waals surface area contributed by atoms with Gasteiger partial charge >= 0.3 is 0 Å². The van der Waals surface area contributed by atoms with Crippen molar-refractivity contribution in [3.63, 3.8) is 0 Å². The van der Waals surface area contributed by atoms with Gasteiger partial charge in [-0.1, -0.05) is 23.7 Å². The van der Waals surface area contributed by atoms with Crippen molar-refractivity contribution in [1.82, 2.24) is 0 Å². The quantitative estimate of drug-likeness (QED) is 0.869.